The predicted molar refractivity (Wildman–Crippen MR) is 90.4 cm³/mol. The first-order valence-corrected chi connectivity index (χ1v) is 7.99. The molecule has 1 aliphatic rings. The summed E-state index contributed by atoms with van der Waals surface area (Å²) in [4.78, 5) is 12.0. The summed E-state index contributed by atoms with van der Waals surface area (Å²) in [5.74, 6) is 1.68. The zero-order valence-electron chi connectivity index (χ0n) is 12.6. The Morgan fingerprint density at radius 1 is 1.17 bits per heavy atom. The zero-order chi connectivity index (χ0) is 16.2. The number of amides is 1. The Morgan fingerprint density at radius 3 is 2.74 bits per heavy atom. The Kier molecular flexibility index (Phi) is 4.71. The molecule has 0 saturated heterocycles. The van der Waals surface area contributed by atoms with Gasteiger partial charge >= 0.3 is 0 Å². The monoisotopic (exact) mass is 377 g/mol. The molecule has 0 fully saturated rings. The highest BCUT2D eigenvalue weighted by atomic mass is 79.9. The van der Waals surface area contributed by atoms with Crippen LogP contribution in [0.3, 0.4) is 0 Å². The Labute approximate surface area is 142 Å². The van der Waals surface area contributed by atoms with Gasteiger partial charge in [0.25, 0.3) is 5.91 Å². The van der Waals surface area contributed by atoms with Crippen molar-refractivity contribution in [3.8, 4) is 17.2 Å². The van der Waals surface area contributed by atoms with Crippen molar-refractivity contribution in [3.63, 3.8) is 0 Å². The quantitative estimate of drug-likeness (QED) is 0.884. The molecule has 0 atom stereocenters. The largest absolute Gasteiger partial charge is 0.486 e. The maximum Gasteiger partial charge on any atom is 0.262 e. The number of carbonyl (C=O) groups is 1. The molecule has 1 amide bonds. The van der Waals surface area contributed by atoms with Gasteiger partial charge in [-0.05, 0) is 42.8 Å². The molecule has 1 aliphatic heterocycles. The van der Waals surface area contributed by atoms with Gasteiger partial charge in [-0.25, -0.2) is 0 Å². The van der Waals surface area contributed by atoms with Crippen molar-refractivity contribution in [2.75, 3.05) is 25.1 Å². The molecule has 2 aromatic carbocycles. The molecule has 23 heavy (non-hydrogen) atoms. The second-order valence-corrected chi connectivity index (χ2v) is 5.96. The molecular formula is C17H16BrNO4. The lowest BCUT2D eigenvalue weighted by molar-refractivity contribution is -0.118. The normalized spacial score (nSPS) is 12.6. The highest BCUT2D eigenvalue weighted by Gasteiger charge is 2.13. The van der Waals surface area contributed by atoms with Crippen molar-refractivity contribution in [2.24, 2.45) is 0 Å². The highest BCUT2D eigenvalue weighted by Crippen LogP contribution is 2.33. The summed E-state index contributed by atoms with van der Waals surface area (Å²) in [6.45, 7) is 2.95. The van der Waals surface area contributed by atoms with Gasteiger partial charge in [0.15, 0.2) is 18.1 Å². The second kappa shape index (κ2) is 6.91. The fourth-order valence-corrected chi connectivity index (χ4v) is 2.43. The SMILES string of the molecule is Cc1cc(NC(=O)COc2ccc3c(c2)OCCO3)ccc1Br. The van der Waals surface area contributed by atoms with Crippen molar-refractivity contribution >= 4 is 27.5 Å². The third kappa shape index (κ3) is 3.96. The third-order valence-electron chi connectivity index (χ3n) is 3.33. The lowest BCUT2D eigenvalue weighted by Crippen LogP contribution is -2.20. The second-order valence-electron chi connectivity index (χ2n) is 5.11. The van der Waals surface area contributed by atoms with E-state index in [-0.39, 0.29) is 12.5 Å². The molecule has 120 valence electrons. The molecule has 0 spiro atoms. The van der Waals surface area contributed by atoms with E-state index >= 15 is 0 Å². The molecule has 1 heterocycles. The predicted octanol–water partition coefficient (Wildman–Crippen LogP) is 3.55. The van der Waals surface area contributed by atoms with Gasteiger partial charge in [0.2, 0.25) is 0 Å². The molecule has 1 N–H and O–H groups in total. The summed E-state index contributed by atoms with van der Waals surface area (Å²) in [7, 11) is 0. The van der Waals surface area contributed by atoms with Gasteiger partial charge in [0, 0.05) is 16.2 Å². The third-order valence-corrected chi connectivity index (χ3v) is 4.22. The number of nitrogens with one attached hydrogen (secondary N) is 1. The van der Waals surface area contributed by atoms with Crippen molar-refractivity contribution in [3.05, 3.63) is 46.4 Å². The van der Waals surface area contributed by atoms with E-state index in [1.165, 1.54) is 0 Å². The highest BCUT2D eigenvalue weighted by molar-refractivity contribution is 9.10. The Balaban J connectivity index is 1.57. The van der Waals surface area contributed by atoms with E-state index in [1.54, 1.807) is 18.2 Å². The molecule has 5 nitrogen and oxygen atoms in total. The summed E-state index contributed by atoms with van der Waals surface area (Å²) in [6.07, 6.45) is 0. The van der Waals surface area contributed by atoms with E-state index in [0.29, 0.717) is 30.5 Å². The first-order chi connectivity index (χ1) is 11.1. The molecule has 2 aromatic rings. The van der Waals surface area contributed by atoms with Crippen LogP contribution in [-0.2, 0) is 4.79 Å². The fraction of sp³-hybridized carbons (Fsp3) is 0.235. The van der Waals surface area contributed by atoms with Crippen LogP contribution in [0.1, 0.15) is 5.56 Å². The molecule has 3 rings (SSSR count). The van der Waals surface area contributed by atoms with Crippen molar-refractivity contribution < 1.29 is 19.0 Å². The average Bonchev–Trinajstić information content (AvgIpc) is 2.56. The summed E-state index contributed by atoms with van der Waals surface area (Å²) >= 11 is 3.43. The lowest BCUT2D eigenvalue weighted by atomic mass is 10.2. The number of carbonyl (C=O) groups excluding carboxylic acids is 1. The lowest BCUT2D eigenvalue weighted by Gasteiger charge is -2.18. The number of benzene rings is 2. The van der Waals surface area contributed by atoms with Crippen LogP contribution in [0, 0.1) is 6.92 Å². The van der Waals surface area contributed by atoms with Gasteiger partial charge in [0.05, 0.1) is 0 Å². The number of aryl methyl sites for hydroxylation is 1. The van der Waals surface area contributed by atoms with Crippen LogP contribution in [0.15, 0.2) is 40.9 Å². The van der Waals surface area contributed by atoms with Crippen LogP contribution in [0.5, 0.6) is 17.2 Å². The minimum atomic E-state index is -0.221. The van der Waals surface area contributed by atoms with Crippen LogP contribution in [-0.4, -0.2) is 25.7 Å². The minimum Gasteiger partial charge on any atom is -0.486 e. The average molecular weight is 378 g/mol. The number of halogens is 1. The van der Waals surface area contributed by atoms with Crippen LogP contribution in [0.25, 0.3) is 0 Å². The maximum atomic E-state index is 12.0. The smallest absolute Gasteiger partial charge is 0.262 e. The van der Waals surface area contributed by atoms with E-state index in [1.807, 2.05) is 25.1 Å². The van der Waals surface area contributed by atoms with E-state index in [2.05, 4.69) is 21.2 Å². The van der Waals surface area contributed by atoms with Gasteiger partial charge < -0.3 is 19.5 Å². The van der Waals surface area contributed by atoms with Gasteiger partial charge in [-0.1, -0.05) is 15.9 Å². The van der Waals surface area contributed by atoms with Gasteiger partial charge in [0.1, 0.15) is 19.0 Å². The molecule has 0 saturated carbocycles. The topological polar surface area (TPSA) is 56.8 Å². The van der Waals surface area contributed by atoms with E-state index < -0.39 is 0 Å². The number of hydrogen-bond acceptors (Lipinski definition) is 4. The Morgan fingerprint density at radius 2 is 1.96 bits per heavy atom. The molecule has 0 radical (unpaired) electrons. The number of rotatable bonds is 4. The van der Waals surface area contributed by atoms with Crippen molar-refractivity contribution in [1.82, 2.24) is 0 Å². The summed E-state index contributed by atoms with van der Waals surface area (Å²) in [5.41, 5.74) is 1.79. The van der Waals surface area contributed by atoms with Crippen molar-refractivity contribution in [2.45, 2.75) is 6.92 Å². The van der Waals surface area contributed by atoms with Crippen LogP contribution < -0.4 is 19.5 Å². The molecule has 0 aromatic heterocycles. The van der Waals surface area contributed by atoms with Gasteiger partial charge in [-0.15, -0.1) is 0 Å². The molecule has 6 heteroatoms. The molecule has 0 aliphatic carbocycles. The Hall–Kier alpha value is -2.21. The number of hydrogen-bond donors (Lipinski definition) is 1. The standard InChI is InChI=1S/C17H16BrNO4/c1-11-8-12(2-4-14(11)18)19-17(20)10-23-13-3-5-15-16(9-13)22-7-6-21-15/h2-5,8-9H,6-7,10H2,1H3,(H,19,20). The fourth-order valence-electron chi connectivity index (χ4n) is 2.18. The molecular weight excluding hydrogens is 362 g/mol. The van der Waals surface area contributed by atoms with Gasteiger partial charge in [-0.3, -0.25) is 4.79 Å². The summed E-state index contributed by atoms with van der Waals surface area (Å²) in [6, 6.07) is 10.9. The molecule has 0 bridgehead atoms. The van der Waals surface area contributed by atoms with E-state index in [9.17, 15) is 4.79 Å². The number of ether oxygens (including phenoxy) is 3. The van der Waals surface area contributed by atoms with Crippen LogP contribution >= 0.6 is 15.9 Å². The van der Waals surface area contributed by atoms with E-state index in [0.717, 1.165) is 15.7 Å². The Bertz CT molecular complexity index is 733. The maximum absolute atomic E-state index is 12.0. The van der Waals surface area contributed by atoms with Gasteiger partial charge in [-0.2, -0.15) is 0 Å². The summed E-state index contributed by atoms with van der Waals surface area (Å²) < 4.78 is 17.4. The van der Waals surface area contributed by atoms with Crippen molar-refractivity contribution in [1.29, 1.82) is 0 Å². The van der Waals surface area contributed by atoms with Crippen LogP contribution in [0.2, 0.25) is 0 Å². The first-order valence-electron chi connectivity index (χ1n) is 7.20. The number of fused-ring (bicyclic) bond motifs is 1. The van der Waals surface area contributed by atoms with E-state index in [4.69, 9.17) is 14.2 Å². The summed E-state index contributed by atoms with van der Waals surface area (Å²) in [5, 5.41) is 2.80. The zero-order valence-corrected chi connectivity index (χ0v) is 14.2. The minimum absolute atomic E-state index is 0.0746. The molecule has 0 unspecified atom stereocenters. The van der Waals surface area contributed by atoms with Crippen LogP contribution in [0.4, 0.5) is 5.69 Å². The first kappa shape index (κ1) is 15.7. The number of anilines is 1.